The second kappa shape index (κ2) is 13.3. The van der Waals surface area contributed by atoms with Crippen molar-refractivity contribution in [2.45, 2.75) is 147 Å². The maximum atomic E-state index is 12.6. The summed E-state index contributed by atoms with van der Waals surface area (Å²) in [5.74, 6) is 2.01. The number of carbonyl (C=O) groups excluding carboxylic acids is 3. The van der Waals surface area contributed by atoms with Crippen molar-refractivity contribution in [3.05, 3.63) is 69.8 Å². The predicted molar refractivity (Wildman–Crippen MR) is 233 cm³/mol. The minimum Gasteiger partial charge on any atom is -0.870 e. The van der Waals surface area contributed by atoms with Crippen LogP contribution in [0.5, 0.6) is 34.5 Å². The third kappa shape index (κ3) is 4.54. The van der Waals surface area contributed by atoms with E-state index in [2.05, 4.69) is 16.8 Å². The van der Waals surface area contributed by atoms with E-state index in [1.165, 1.54) is 10.5 Å². The number of quaternary nitrogens is 1. The number of piperidine rings is 3. The van der Waals surface area contributed by atoms with Gasteiger partial charge in [-0.1, -0.05) is 18.2 Å². The molecule has 16 nitrogen and oxygen atoms in total. The first-order chi connectivity index (χ1) is 31.6. The molecule has 13 aliphatic rings. The molecule has 16 heteroatoms. The molecule has 7 heterocycles. The summed E-state index contributed by atoms with van der Waals surface area (Å²) >= 11 is 0. The van der Waals surface area contributed by atoms with Crippen molar-refractivity contribution in [1.82, 2.24) is 9.80 Å². The van der Waals surface area contributed by atoms with E-state index in [9.17, 15) is 39.9 Å². The lowest BCUT2D eigenvalue weighted by Crippen LogP contribution is -3.19. The van der Waals surface area contributed by atoms with Gasteiger partial charge in [-0.15, -0.1) is 0 Å². The van der Waals surface area contributed by atoms with Gasteiger partial charge >= 0.3 is 0 Å². The van der Waals surface area contributed by atoms with Gasteiger partial charge in [-0.05, 0) is 93.4 Å². The van der Waals surface area contributed by atoms with Gasteiger partial charge in [0.15, 0.2) is 70.2 Å². The van der Waals surface area contributed by atoms with Crippen molar-refractivity contribution < 1.29 is 69.2 Å². The van der Waals surface area contributed by atoms with Crippen LogP contribution in [0.4, 0.5) is 0 Å². The highest BCUT2D eigenvalue weighted by Gasteiger charge is 2.78. The molecule has 14 atom stereocenters. The zero-order valence-electron chi connectivity index (χ0n) is 37.7. The van der Waals surface area contributed by atoms with Crippen molar-refractivity contribution >= 4 is 17.3 Å². The molecule has 3 saturated carbocycles. The summed E-state index contributed by atoms with van der Waals surface area (Å²) in [5.41, 5.74) is 2.43. The summed E-state index contributed by atoms with van der Waals surface area (Å²) in [7, 11) is 4.17. The Labute approximate surface area is 386 Å². The molecule has 4 saturated heterocycles. The molecule has 3 aromatic carbocycles. The van der Waals surface area contributed by atoms with Crippen LogP contribution in [0.25, 0.3) is 0 Å². The molecule has 354 valence electrons. The minimum atomic E-state index is -0.954. The first-order valence-corrected chi connectivity index (χ1v) is 24.1. The van der Waals surface area contributed by atoms with Gasteiger partial charge in [-0.2, -0.15) is 0 Å². The van der Waals surface area contributed by atoms with Crippen molar-refractivity contribution in [3.63, 3.8) is 0 Å². The molecule has 8 bridgehead atoms. The molecule has 7 aliphatic heterocycles. The molecule has 4 spiro atoms. The lowest BCUT2D eigenvalue weighted by molar-refractivity contribution is -0.923. The van der Waals surface area contributed by atoms with Crippen LogP contribution in [0.15, 0.2) is 36.4 Å². The van der Waals surface area contributed by atoms with Gasteiger partial charge in [0.05, 0.1) is 35.4 Å². The Morgan fingerprint density at radius 3 is 1.67 bits per heavy atom. The standard InChI is InChI=1S/C17H17NO4.2C17H19NO4.H2O/c19-10-2-1-9-7-12-17-4-3-11(20)15-16(17,13(9)14(10)22-15)5-6-18(12)8-21-17;2*1-18-7-6-16-13-9-2-3-10(19)14(13)22-15(16)11(20)4-5-17(16,21)12(18)8-9;/h1-2,12,15,19H,3-8H2;2*2-3,12,15,19,21H,4-8H2,1H3;1H2/t3*12-,15+,16+,17-;/m111./s1. The summed E-state index contributed by atoms with van der Waals surface area (Å²) in [5, 5.41) is 54.0. The number of aliphatic hydroxyl groups is 2. The highest BCUT2D eigenvalue weighted by Crippen LogP contribution is 2.69. The molecule has 0 radical (unpaired) electrons. The Morgan fingerprint density at radius 1 is 0.597 bits per heavy atom. The molecule has 6 aliphatic carbocycles. The number of hydrogen-bond donors (Lipinski definition) is 6. The molecule has 7 fully saturated rings. The molecule has 0 amide bonds. The van der Waals surface area contributed by atoms with E-state index in [1.807, 2.05) is 25.2 Å². The predicted octanol–water partition coefficient (Wildman–Crippen LogP) is 1.01. The Kier molecular flexibility index (Phi) is 8.39. The average Bonchev–Trinajstić information content (AvgIpc) is 4.03. The van der Waals surface area contributed by atoms with Gasteiger partial charge in [0.25, 0.3) is 0 Å². The third-order valence-electron chi connectivity index (χ3n) is 20.0. The second-order valence-corrected chi connectivity index (χ2v) is 22.0. The Balaban J connectivity index is 0.0000000991. The normalized spacial score (nSPS) is 43.6. The summed E-state index contributed by atoms with van der Waals surface area (Å²) in [6.45, 7) is 3.33. The second-order valence-electron chi connectivity index (χ2n) is 22.0. The Morgan fingerprint density at radius 2 is 1.07 bits per heavy atom. The van der Waals surface area contributed by atoms with Gasteiger partial charge in [0.2, 0.25) is 0 Å². The summed E-state index contributed by atoms with van der Waals surface area (Å²) in [6.07, 6.45) is 5.95. The van der Waals surface area contributed by atoms with Gasteiger partial charge < -0.3 is 59.8 Å². The number of ether oxygens (including phenoxy) is 4. The summed E-state index contributed by atoms with van der Waals surface area (Å²) < 4.78 is 24.4. The van der Waals surface area contributed by atoms with Crippen molar-refractivity contribution in [3.8, 4) is 34.5 Å². The molecule has 2 unspecified atom stereocenters. The zero-order valence-corrected chi connectivity index (χ0v) is 37.7. The number of hydrogen-bond acceptors (Lipinski definition) is 15. The molecule has 67 heavy (non-hydrogen) atoms. The van der Waals surface area contributed by atoms with Gasteiger partial charge in [0, 0.05) is 67.4 Å². The van der Waals surface area contributed by atoms with E-state index in [0.29, 0.717) is 68.5 Å². The van der Waals surface area contributed by atoms with Crippen LogP contribution in [0, 0.1) is 0 Å². The molecular weight excluding hydrogens is 863 g/mol. The molecular formula is C51H57N3O13. The number of likely N-dealkylation sites (N-methyl/N-ethyl adjacent to an activating group) is 2. The van der Waals surface area contributed by atoms with Gasteiger partial charge in [0.1, 0.15) is 24.0 Å². The van der Waals surface area contributed by atoms with Crippen LogP contribution in [0.2, 0.25) is 0 Å². The van der Waals surface area contributed by atoms with E-state index in [4.69, 9.17) is 18.9 Å². The number of rotatable bonds is 0. The van der Waals surface area contributed by atoms with E-state index < -0.39 is 40.3 Å². The molecule has 0 aromatic heterocycles. The number of carbonyl (C=O) groups is 3. The van der Waals surface area contributed by atoms with Gasteiger partial charge in [-0.25, -0.2) is 0 Å². The van der Waals surface area contributed by atoms with Gasteiger partial charge in [-0.3, -0.25) is 19.3 Å². The summed E-state index contributed by atoms with van der Waals surface area (Å²) in [6, 6.07) is 11.3. The smallest absolute Gasteiger partial charge is 0.174 e. The monoisotopic (exact) mass is 919 g/mol. The Bertz CT molecular complexity index is 2630. The fourth-order valence-electron chi connectivity index (χ4n) is 17.3. The minimum absolute atomic E-state index is 0. The third-order valence-corrected chi connectivity index (χ3v) is 20.0. The molecule has 7 N–H and O–H groups in total. The van der Waals surface area contributed by atoms with Crippen LogP contribution in [0.1, 0.15) is 91.2 Å². The fraction of sp³-hybridized carbons (Fsp3) is 0.588. The number of phenolic OH excluding ortho intramolecular Hbond substituents is 3. The zero-order chi connectivity index (χ0) is 45.2. The van der Waals surface area contributed by atoms with Crippen LogP contribution in [0.3, 0.4) is 0 Å². The largest absolute Gasteiger partial charge is 0.870 e. The van der Waals surface area contributed by atoms with E-state index in [0.717, 1.165) is 86.0 Å². The number of ketones is 3. The van der Waals surface area contributed by atoms with Crippen molar-refractivity contribution in [1.29, 1.82) is 0 Å². The average molecular weight is 920 g/mol. The number of Topliss-reactive ketones (excluding diaryl/α,β-unsaturated/α-hetero) is 3. The molecule has 16 rings (SSSR count). The number of phenols is 3. The Hall–Kier alpha value is -4.81. The number of nitrogens with zero attached hydrogens (tertiary/aromatic N) is 2. The fourth-order valence-corrected chi connectivity index (χ4v) is 17.3. The van der Waals surface area contributed by atoms with Crippen LogP contribution < -0.4 is 19.1 Å². The number of aromatic hydroxyl groups is 3. The van der Waals surface area contributed by atoms with E-state index in [-0.39, 0.29) is 63.2 Å². The highest BCUT2D eigenvalue weighted by atomic mass is 16.5. The van der Waals surface area contributed by atoms with Crippen LogP contribution >= 0.6 is 0 Å². The quantitative estimate of drug-likeness (QED) is 0.185. The lowest BCUT2D eigenvalue weighted by Gasteiger charge is -2.61. The number of benzene rings is 3. The SMILES string of the molecule is CN1CC[C@]23c4c5ccc(O)c4O[C@H]2C(=O)CC[C@@]3(O)[C@H]1C5.C[NH+]1CC[C@]23c4c5ccc(O)c4O[C@H]2C(=O)CC[C@@]3(O)[C@H]1C5.O=C1CC[C@]23OCN4CC[C@@]25c2c(ccc(O)c2O[C@@H]15)C[C@@H]43.[OH-]. The highest BCUT2D eigenvalue weighted by molar-refractivity contribution is 5.92. The van der Waals surface area contributed by atoms with Crippen molar-refractivity contribution in [2.75, 3.05) is 40.5 Å². The lowest BCUT2D eigenvalue weighted by atomic mass is 9.49. The maximum absolute atomic E-state index is 12.6. The maximum Gasteiger partial charge on any atom is 0.174 e. The van der Waals surface area contributed by atoms with E-state index >= 15 is 0 Å². The summed E-state index contributed by atoms with van der Waals surface area (Å²) in [4.78, 5) is 43.6. The topological polar surface area (TPSA) is 230 Å². The molecule has 3 aromatic rings. The first kappa shape index (κ1) is 42.3. The van der Waals surface area contributed by atoms with Crippen LogP contribution in [-0.2, 0) is 54.6 Å². The van der Waals surface area contributed by atoms with E-state index in [1.54, 1.807) is 18.2 Å². The first-order valence-electron chi connectivity index (χ1n) is 24.1. The van der Waals surface area contributed by atoms with Crippen LogP contribution in [-0.4, -0.2) is 152 Å². The van der Waals surface area contributed by atoms with Crippen molar-refractivity contribution in [2.24, 2.45) is 0 Å². The number of likely N-dealkylation sites (tertiary alicyclic amines) is 2. The number of nitrogens with one attached hydrogen (secondary N) is 1.